The van der Waals surface area contributed by atoms with Crippen LogP contribution in [0.2, 0.25) is 0 Å². The summed E-state index contributed by atoms with van der Waals surface area (Å²) >= 11 is 0. The summed E-state index contributed by atoms with van der Waals surface area (Å²) in [7, 11) is 1.88. The third-order valence-corrected chi connectivity index (χ3v) is 5.02. The van der Waals surface area contributed by atoms with Gasteiger partial charge in [0.15, 0.2) is 5.65 Å². The van der Waals surface area contributed by atoms with Crippen molar-refractivity contribution in [3.63, 3.8) is 0 Å². The van der Waals surface area contributed by atoms with E-state index in [-0.39, 0.29) is 30.7 Å². The largest absolute Gasteiger partial charge is 0.352 e. The molecule has 144 valence electrons. The van der Waals surface area contributed by atoms with Gasteiger partial charge >= 0.3 is 0 Å². The number of halogens is 2. The van der Waals surface area contributed by atoms with Crippen LogP contribution < -0.4 is 10.2 Å². The fourth-order valence-corrected chi connectivity index (χ4v) is 3.64. The normalized spacial score (nSPS) is 20.0. The molecule has 0 saturated carbocycles. The molecule has 0 radical (unpaired) electrons. The Bertz CT molecular complexity index is 739. The molecule has 0 aliphatic carbocycles. The Kier molecular flexibility index (Phi) is 7.02. The van der Waals surface area contributed by atoms with E-state index in [1.54, 1.807) is 11.0 Å². The van der Waals surface area contributed by atoms with E-state index in [1.165, 1.54) is 6.42 Å². The Morgan fingerprint density at radius 2 is 2.00 bits per heavy atom. The molecule has 2 aromatic rings. The quantitative estimate of drug-likeness (QED) is 0.825. The van der Waals surface area contributed by atoms with Gasteiger partial charge in [0.25, 0.3) is 0 Å². The molecule has 1 N–H and O–H groups in total. The van der Waals surface area contributed by atoms with Crippen LogP contribution in [0, 0.1) is 0 Å². The minimum absolute atomic E-state index is 0. The first-order chi connectivity index (χ1) is 11.7. The van der Waals surface area contributed by atoms with Gasteiger partial charge < -0.3 is 15.1 Å². The molecule has 4 heterocycles. The third kappa shape index (κ3) is 4.02. The number of fused-ring (bicyclic) bond motifs is 1. The van der Waals surface area contributed by atoms with Crippen molar-refractivity contribution >= 4 is 47.6 Å². The highest BCUT2D eigenvalue weighted by Gasteiger charge is 2.26. The van der Waals surface area contributed by atoms with Gasteiger partial charge in [0.1, 0.15) is 12.1 Å². The standard InChI is InChI=1S/C16H23N7O.2ClH/c1-21-15-13(10-20-21)16(19-11-18-15)23-7-5-22(6-8-23)14(24)9-12-3-2-4-17-12;;/h10-12,17H,2-9H2,1H3;2*1H. The number of carbonyl (C=O) groups excluding carboxylic acids is 1. The molecule has 2 fully saturated rings. The van der Waals surface area contributed by atoms with E-state index in [1.807, 2.05) is 18.1 Å². The second-order valence-corrected chi connectivity index (χ2v) is 6.57. The molecule has 0 spiro atoms. The monoisotopic (exact) mass is 401 g/mol. The predicted octanol–water partition coefficient (Wildman–Crippen LogP) is 0.998. The number of hydrogen-bond donors (Lipinski definition) is 1. The van der Waals surface area contributed by atoms with Crippen molar-refractivity contribution in [2.75, 3.05) is 37.6 Å². The molecule has 8 nitrogen and oxygen atoms in total. The summed E-state index contributed by atoms with van der Waals surface area (Å²) in [5, 5.41) is 8.63. The number of nitrogens with one attached hydrogen (secondary N) is 1. The number of rotatable bonds is 3. The van der Waals surface area contributed by atoms with Gasteiger partial charge in [-0.3, -0.25) is 9.48 Å². The number of aryl methyl sites for hydroxylation is 1. The van der Waals surface area contributed by atoms with Crippen LogP contribution in [0.3, 0.4) is 0 Å². The van der Waals surface area contributed by atoms with E-state index >= 15 is 0 Å². The van der Waals surface area contributed by atoms with Crippen LogP contribution in [0.15, 0.2) is 12.5 Å². The summed E-state index contributed by atoms with van der Waals surface area (Å²) < 4.78 is 1.76. The predicted molar refractivity (Wildman–Crippen MR) is 105 cm³/mol. The van der Waals surface area contributed by atoms with Crippen molar-refractivity contribution in [1.29, 1.82) is 0 Å². The van der Waals surface area contributed by atoms with E-state index in [4.69, 9.17) is 0 Å². The Balaban J connectivity index is 0.00000121. The number of nitrogens with zero attached hydrogens (tertiary/aromatic N) is 6. The first-order valence-corrected chi connectivity index (χ1v) is 8.61. The molecule has 2 aliphatic rings. The third-order valence-electron chi connectivity index (χ3n) is 5.02. The molecule has 2 saturated heterocycles. The molecule has 2 aliphatic heterocycles. The average molecular weight is 402 g/mol. The molecule has 0 aromatic carbocycles. The number of aromatic nitrogens is 4. The van der Waals surface area contributed by atoms with E-state index in [2.05, 4.69) is 25.3 Å². The highest BCUT2D eigenvalue weighted by molar-refractivity contribution is 5.87. The van der Waals surface area contributed by atoms with Crippen LogP contribution in [0.25, 0.3) is 11.0 Å². The lowest BCUT2D eigenvalue weighted by atomic mass is 10.1. The molecule has 1 unspecified atom stereocenters. The van der Waals surface area contributed by atoms with Crippen molar-refractivity contribution in [1.82, 2.24) is 30.0 Å². The van der Waals surface area contributed by atoms with Gasteiger partial charge in [-0.05, 0) is 19.4 Å². The molecule has 0 bridgehead atoms. The van der Waals surface area contributed by atoms with Crippen molar-refractivity contribution < 1.29 is 4.79 Å². The average Bonchev–Trinajstić information content (AvgIpc) is 3.25. The first-order valence-electron chi connectivity index (χ1n) is 8.61. The topological polar surface area (TPSA) is 79.2 Å². The fourth-order valence-electron chi connectivity index (χ4n) is 3.64. The molecule has 4 rings (SSSR count). The maximum absolute atomic E-state index is 12.4. The van der Waals surface area contributed by atoms with Gasteiger partial charge in [0.05, 0.1) is 11.6 Å². The summed E-state index contributed by atoms with van der Waals surface area (Å²) in [5.41, 5.74) is 0.839. The van der Waals surface area contributed by atoms with Gasteiger partial charge in [-0.1, -0.05) is 0 Å². The van der Waals surface area contributed by atoms with Gasteiger partial charge in [0.2, 0.25) is 5.91 Å². The first kappa shape index (κ1) is 20.7. The van der Waals surface area contributed by atoms with Crippen LogP contribution in [0.1, 0.15) is 19.3 Å². The summed E-state index contributed by atoms with van der Waals surface area (Å²) in [6.07, 6.45) is 6.32. The molecular weight excluding hydrogens is 377 g/mol. The van der Waals surface area contributed by atoms with Crippen LogP contribution in [-0.2, 0) is 11.8 Å². The highest BCUT2D eigenvalue weighted by atomic mass is 35.5. The van der Waals surface area contributed by atoms with Crippen molar-refractivity contribution in [3.05, 3.63) is 12.5 Å². The summed E-state index contributed by atoms with van der Waals surface area (Å²) in [6.45, 7) is 4.13. The molecule has 1 amide bonds. The van der Waals surface area contributed by atoms with Crippen LogP contribution in [-0.4, -0.2) is 69.3 Å². The van der Waals surface area contributed by atoms with Gasteiger partial charge in [-0.2, -0.15) is 5.10 Å². The Labute approximate surface area is 165 Å². The Morgan fingerprint density at radius 1 is 1.23 bits per heavy atom. The molecular formula is C16H25Cl2N7O. The fraction of sp³-hybridized carbons (Fsp3) is 0.625. The van der Waals surface area contributed by atoms with Gasteiger partial charge in [-0.15, -0.1) is 24.8 Å². The maximum Gasteiger partial charge on any atom is 0.224 e. The number of amides is 1. The maximum atomic E-state index is 12.4. The zero-order chi connectivity index (χ0) is 16.5. The van der Waals surface area contributed by atoms with Crippen LogP contribution >= 0.6 is 24.8 Å². The summed E-state index contributed by atoms with van der Waals surface area (Å²) in [4.78, 5) is 25.4. The number of carbonyl (C=O) groups is 1. The van der Waals surface area contributed by atoms with E-state index in [0.29, 0.717) is 12.5 Å². The molecule has 1 atom stereocenters. The smallest absolute Gasteiger partial charge is 0.224 e. The van der Waals surface area contributed by atoms with E-state index < -0.39 is 0 Å². The Hall–Kier alpha value is -1.64. The lowest BCUT2D eigenvalue weighted by Crippen LogP contribution is -2.50. The number of hydrogen-bond acceptors (Lipinski definition) is 6. The lowest BCUT2D eigenvalue weighted by molar-refractivity contribution is -0.131. The van der Waals surface area contributed by atoms with Gasteiger partial charge in [0, 0.05) is 45.7 Å². The molecule has 2 aromatic heterocycles. The lowest BCUT2D eigenvalue weighted by Gasteiger charge is -2.36. The number of piperazine rings is 1. The minimum atomic E-state index is 0. The van der Waals surface area contributed by atoms with Crippen molar-refractivity contribution in [2.24, 2.45) is 7.05 Å². The van der Waals surface area contributed by atoms with E-state index in [0.717, 1.165) is 56.0 Å². The highest BCUT2D eigenvalue weighted by Crippen LogP contribution is 2.23. The van der Waals surface area contributed by atoms with Crippen LogP contribution in [0.5, 0.6) is 0 Å². The van der Waals surface area contributed by atoms with Crippen molar-refractivity contribution in [3.8, 4) is 0 Å². The zero-order valence-electron chi connectivity index (χ0n) is 14.8. The molecule has 10 heteroatoms. The Morgan fingerprint density at radius 3 is 2.69 bits per heavy atom. The van der Waals surface area contributed by atoms with E-state index in [9.17, 15) is 4.79 Å². The second-order valence-electron chi connectivity index (χ2n) is 6.57. The van der Waals surface area contributed by atoms with Crippen LogP contribution in [0.4, 0.5) is 5.82 Å². The molecule has 26 heavy (non-hydrogen) atoms. The number of anilines is 1. The van der Waals surface area contributed by atoms with Crippen molar-refractivity contribution in [2.45, 2.75) is 25.3 Å². The van der Waals surface area contributed by atoms with Gasteiger partial charge in [-0.25, -0.2) is 9.97 Å². The SMILES string of the molecule is Cl.Cl.Cn1ncc2c(N3CCN(C(=O)CC4CCCN4)CC3)ncnc21. The second kappa shape index (κ2) is 8.83. The summed E-state index contributed by atoms with van der Waals surface area (Å²) in [6, 6.07) is 0.368. The minimum Gasteiger partial charge on any atom is -0.352 e. The summed E-state index contributed by atoms with van der Waals surface area (Å²) in [5.74, 6) is 1.18. The zero-order valence-corrected chi connectivity index (χ0v) is 16.4.